The van der Waals surface area contributed by atoms with Crippen molar-refractivity contribution in [1.82, 2.24) is 25.2 Å². The first kappa shape index (κ1) is 28.7. The summed E-state index contributed by atoms with van der Waals surface area (Å²) in [6, 6.07) is 6.38. The molecule has 8 nitrogen and oxygen atoms in total. The van der Waals surface area contributed by atoms with Gasteiger partial charge in [-0.2, -0.15) is 21.7 Å². The van der Waals surface area contributed by atoms with Crippen molar-refractivity contribution >= 4 is 39.3 Å². The van der Waals surface area contributed by atoms with Crippen LogP contribution in [0.5, 0.6) is 11.8 Å². The molecule has 2 aromatic carbocycles. The highest BCUT2D eigenvalue weighted by molar-refractivity contribution is 7.99. The predicted molar refractivity (Wildman–Crippen MR) is 173 cm³/mol. The molecule has 4 fully saturated rings. The van der Waals surface area contributed by atoms with E-state index >= 15 is 4.39 Å². The van der Waals surface area contributed by atoms with E-state index in [0.29, 0.717) is 45.9 Å². The van der Waals surface area contributed by atoms with Crippen LogP contribution >= 0.6 is 11.8 Å². The van der Waals surface area contributed by atoms with E-state index in [4.69, 9.17) is 16.1 Å². The third kappa shape index (κ3) is 4.77. The summed E-state index contributed by atoms with van der Waals surface area (Å²) in [4.78, 5) is 18.8. The van der Waals surface area contributed by atoms with E-state index < -0.39 is 11.6 Å². The lowest BCUT2D eigenvalue weighted by molar-refractivity contribution is 0.108. The number of nitrogens with zero attached hydrogens (tertiary/aromatic N) is 5. The monoisotopic (exact) mass is 628 g/mol. The maximum atomic E-state index is 16.8. The Morgan fingerprint density at radius 3 is 2.78 bits per heavy atom. The van der Waals surface area contributed by atoms with Crippen molar-refractivity contribution in [3.63, 3.8) is 0 Å². The number of aromatic nitrogens is 3. The maximum absolute atomic E-state index is 16.8. The molecule has 4 aliphatic rings. The van der Waals surface area contributed by atoms with Gasteiger partial charge in [0.2, 0.25) is 0 Å². The van der Waals surface area contributed by atoms with Crippen LogP contribution in [0.25, 0.3) is 32.9 Å². The lowest BCUT2D eigenvalue weighted by Gasteiger charge is -2.34. The van der Waals surface area contributed by atoms with E-state index in [1.807, 2.05) is 11.8 Å². The van der Waals surface area contributed by atoms with Gasteiger partial charge in [-0.05, 0) is 68.5 Å². The molecule has 0 saturated carbocycles. The normalized spacial score (nSPS) is 26.1. The maximum Gasteiger partial charge on any atom is 0.319 e. The molecule has 4 saturated heterocycles. The first-order valence-electron chi connectivity index (χ1n) is 15.6. The highest BCUT2D eigenvalue weighted by atomic mass is 32.2. The van der Waals surface area contributed by atoms with E-state index in [1.54, 1.807) is 6.20 Å². The Bertz CT molecular complexity index is 1870. The highest BCUT2D eigenvalue weighted by Gasteiger charge is 2.49. The SMILES string of the molecule is C#Cc1c(F)ccc2cc(O)cc(-c3ncc4c(N5CC6CCC(C5)N6)nc(OCC56CCCN5C[C@H](SC)C6)nc4c3F)c12. The van der Waals surface area contributed by atoms with Crippen LogP contribution in [0.4, 0.5) is 14.6 Å². The van der Waals surface area contributed by atoms with Crippen LogP contribution in [0.3, 0.4) is 0 Å². The largest absolute Gasteiger partial charge is 0.508 e. The van der Waals surface area contributed by atoms with Crippen LogP contribution in [-0.4, -0.2) is 86.9 Å². The van der Waals surface area contributed by atoms with Gasteiger partial charge in [0.25, 0.3) is 0 Å². The number of piperazine rings is 1. The molecule has 0 radical (unpaired) electrons. The minimum atomic E-state index is -0.706. The number of ether oxygens (including phenoxy) is 1. The van der Waals surface area contributed by atoms with Gasteiger partial charge in [-0.1, -0.05) is 12.0 Å². The van der Waals surface area contributed by atoms with Gasteiger partial charge in [0, 0.05) is 54.1 Å². The number of phenolic OH excluding ortho intramolecular Hbond substituents is 1. The summed E-state index contributed by atoms with van der Waals surface area (Å²) < 4.78 is 38.1. The molecule has 2 bridgehead atoms. The second kappa shape index (κ2) is 11.0. The van der Waals surface area contributed by atoms with Gasteiger partial charge in [-0.15, -0.1) is 6.42 Å². The van der Waals surface area contributed by atoms with Crippen molar-refractivity contribution in [3.05, 3.63) is 47.7 Å². The van der Waals surface area contributed by atoms with Crippen LogP contribution in [0, 0.1) is 24.0 Å². The molecular weight excluding hydrogens is 594 g/mol. The zero-order valence-corrected chi connectivity index (χ0v) is 25.8. The van der Waals surface area contributed by atoms with Crippen molar-refractivity contribution in [1.29, 1.82) is 0 Å². The molecule has 11 heteroatoms. The summed E-state index contributed by atoms with van der Waals surface area (Å²) in [5, 5.41) is 16.0. The average molecular weight is 629 g/mol. The lowest BCUT2D eigenvalue weighted by Crippen LogP contribution is -2.51. The van der Waals surface area contributed by atoms with Gasteiger partial charge in [0.05, 0.1) is 16.5 Å². The summed E-state index contributed by atoms with van der Waals surface area (Å²) >= 11 is 1.89. The third-order valence-electron chi connectivity index (χ3n) is 10.2. The fraction of sp³-hybridized carbons (Fsp3) is 0.441. The standard InChI is InChI=1S/C34H34F2N6O2S/c1-3-24-27(35)8-5-19-11-22(43)12-25(28(19)24)30-29(36)31-26(14-37-30)32(41-15-20-6-7-21(16-41)38-20)40-33(39-31)44-18-34-9-4-10-42(34)17-23(13-34)45-2/h1,5,8,11-12,14,20-21,23,38,43H,4,6-7,9-10,13,15-18H2,2H3/t20?,21?,23-,34?/m1/s1. The number of anilines is 1. The summed E-state index contributed by atoms with van der Waals surface area (Å²) in [6.07, 6.45) is 14.8. The van der Waals surface area contributed by atoms with Crippen LogP contribution in [0.1, 0.15) is 37.7 Å². The van der Waals surface area contributed by atoms with Crippen molar-refractivity contribution in [2.75, 3.05) is 43.9 Å². The molecule has 0 spiro atoms. The van der Waals surface area contributed by atoms with E-state index in [0.717, 1.165) is 58.3 Å². The number of rotatable bonds is 6. The number of thioether (sulfide) groups is 1. The number of pyridine rings is 1. The summed E-state index contributed by atoms with van der Waals surface area (Å²) in [6.45, 7) is 4.00. The van der Waals surface area contributed by atoms with Crippen molar-refractivity contribution in [2.24, 2.45) is 0 Å². The Morgan fingerprint density at radius 2 is 2.00 bits per heavy atom. The van der Waals surface area contributed by atoms with Gasteiger partial charge in [0.15, 0.2) is 5.82 Å². The molecule has 4 aliphatic heterocycles. The molecular formula is C34H34F2N6O2S. The molecule has 4 atom stereocenters. The number of phenols is 1. The van der Waals surface area contributed by atoms with Gasteiger partial charge in [-0.3, -0.25) is 9.88 Å². The smallest absolute Gasteiger partial charge is 0.319 e. The molecule has 8 rings (SSSR count). The molecule has 232 valence electrons. The molecule has 2 N–H and O–H groups in total. The van der Waals surface area contributed by atoms with Crippen molar-refractivity contribution in [3.8, 4) is 35.4 Å². The lowest BCUT2D eigenvalue weighted by atomic mass is 9.95. The quantitative estimate of drug-likeness (QED) is 0.284. The first-order valence-corrected chi connectivity index (χ1v) is 16.8. The minimum absolute atomic E-state index is 0.0204. The predicted octanol–water partition coefficient (Wildman–Crippen LogP) is 5.10. The van der Waals surface area contributed by atoms with Crippen molar-refractivity contribution < 1.29 is 18.6 Å². The number of hydrogen-bond donors (Lipinski definition) is 2. The second-order valence-corrected chi connectivity index (χ2v) is 14.0. The molecule has 0 amide bonds. The molecule has 3 unspecified atom stereocenters. The van der Waals surface area contributed by atoms with Gasteiger partial charge in [-0.25, -0.2) is 8.78 Å². The van der Waals surface area contributed by atoms with E-state index in [1.165, 1.54) is 24.3 Å². The Kier molecular flexibility index (Phi) is 7.00. The highest BCUT2D eigenvalue weighted by Crippen LogP contribution is 2.43. The average Bonchev–Trinajstić information content (AvgIpc) is 3.71. The molecule has 45 heavy (non-hydrogen) atoms. The minimum Gasteiger partial charge on any atom is -0.508 e. The number of hydrogen-bond acceptors (Lipinski definition) is 9. The molecule has 4 aromatic rings. The van der Waals surface area contributed by atoms with Gasteiger partial charge >= 0.3 is 6.01 Å². The number of benzene rings is 2. The van der Waals surface area contributed by atoms with Crippen LogP contribution in [0.2, 0.25) is 0 Å². The zero-order chi connectivity index (χ0) is 30.9. The van der Waals surface area contributed by atoms with E-state index in [2.05, 4.69) is 37.3 Å². The van der Waals surface area contributed by atoms with Gasteiger partial charge in [0.1, 0.15) is 35.2 Å². The number of terminal acetylenes is 1. The zero-order valence-electron chi connectivity index (χ0n) is 25.0. The fourth-order valence-corrected chi connectivity index (χ4v) is 8.87. The number of halogens is 2. The van der Waals surface area contributed by atoms with Gasteiger partial charge < -0.3 is 20.1 Å². The molecule has 6 heterocycles. The second-order valence-electron chi connectivity index (χ2n) is 12.8. The Hall–Kier alpha value is -3.72. The van der Waals surface area contributed by atoms with Crippen LogP contribution < -0.4 is 15.0 Å². The first-order chi connectivity index (χ1) is 21.9. The van der Waals surface area contributed by atoms with E-state index in [9.17, 15) is 9.50 Å². The third-order valence-corrected chi connectivity index (χ3v) is 11.2. The fourth-order valence-electron chi connectivity index (χ4n) is 8.06. The van der Waals surface area contributed by atoms with Crippen molar-refractivity contribution in [2.45, 2.75) is 55.0 Å². The molecule has 2 aromatic heterocycles. The van der Waals surface area contributed by atoms with E-state index in [-0.39, 0.29) is 39.6 Å². The Morgan fingerprint density at radius 1 is 1.18 bits per heavy atom. The Balaban J connectivity index is 1.26. The topological polar surface area (TPSA) is 86.6 Å². The number of aromatic hydroxyl groups is 1. The Labute approximate surface area is 264 Å². The number of nitrogens with one attached hydrogen (secondary N) is 1. The summed E-state index contributed by atoms with van der Waals surface area (Å²) in [5.41, 5.74) is 0.0800. The summed E-state index contributed by atoms with van der Waals surface area (Å²) in [5.74, 6) is 1.56. The summed E-state index contributed by atoms with van der Waals surface area (Å²) in [7, 11) is 0. The van der Waals surface area contributed by atoms with Crippen LogP contribution in [0.15, 0.2) is 30.5 Å². The number of fused-ring (bicyclic) bond motifs is 5. The van der Waals surface area contributed by atoms with Crippen LogP contribution in [-0.2, 0) is 0 Å². The molecule has 0 aliphatic carbocycles.